The Labute approximate surface area is 190 Å². The average molecular weight is 445 g/mol. The summed E-state index contributed by atoms with van der Waals surface area (Å²) in [5.74, 6) is 0.0117. The summed E-state index contributed by atoms with van der Waals surface area (Å²) in [5.41, 5.74) is 2.89. The molecule has 0 aliphatic heterocycles. The molecule has 1 aliphatic rings. The molecule has 33 heavy (non-hydrogen) atoms. The summed E-state index contributed by atoms with van der Waals surface area (Å²) in [6.45, 7) is 0. The molecule has 0 unspecified atom stereocenters. The van der Waals surface area contributed by atoms with Crippen molar-refractivity contribution in [2.24, 2.45) is 0 Å². The van der Waals surface area contributed by atoms with E-state index in [1.54, 1.807) is 36.4 Å². The monoisotopic (exact) mass is 445 g/mol. The molecule has 2 heterocycles. The third-order valence-electron chi connectivity index (χ3n) is 6.45. The second-order valence-electron chi connectivity index (χ2n) is 8.48. The Morgan fingerprint density at radius 2 is 1.67 bits per heavy atom. The molecule has 5 rings (SSSR count). The van der Waals surface area contributed by atoms with Crippen molar-refractivity contribution in [3.63, 3.8) is 0 Å². The lowest BCUT2D eigenvalue weighted by Crippen LogP contribution is -2.34. The first-order valence-electron chi connectivity index (χ1n) is 11.1. The van der Waals surface area contributed by atoms with Crippen LogP contribution in [0.5, 0.6) is 0 Å². The lowest BCUT2D eigenvalue weighted by Gasteiger charge is -2.32. The van der Waals surface area contributed by atoms with Gasteiger partial charge in [0.25, 0.3) is 0 Å². The fraction of sp³-hybridized carbons (Fsp3) is 0.269. The number of carboxylic acids is 1. The minimum Gasteiger partial charge on any atom is -0.478 e. The number of hydrogen-bond donors (Lipinski definition) is 1. The van der Waals surface area contributed by atoms with Gasteiger partial charge < -0.3 is 14.4 Å². The predicted molar refractivity (Wildman–Crippen MR) is 125 cm³/mol. The van der Waals surface area contributed by atoms with Gasteiger partial charge in [0.15, 0.2) is 0 Å². The molecule has 0 radical (unpaired) electrons. The molecule has 2 aromatic carbocycles. The smallest absolute Gasteiger partial charge is 0.335 e. The fourth-order valence-electron chi connectivity index (χ4n) is 4.69. The Balaban J connectivity index is 1.72. The van der Waals surface area contributed by atoms with E-state index in [1.165, 1.54) is 37.7 Å². The molecule has 0 bridgehead atoms. The Kier molecular flexibility index (Phi) is 5.54. The third-order valence-corrected chi connectivity index (χ3v) is 6.45. The molecule has 168 valence electrons. The minimum atomic E-state index is -0.993. The van der Waals surface area contributed by atoms with E-state index in [9.17, 15) is 14.3 Å². The van der Waals surface area contributed by atoms with Crippen molar-refractivity contribution in [1.29, 1.82) is 0 Å². The van der Waals surface area contributed by atoms with E-state index >= 15 is 0 Å². The molecule has 0 atom stereocenters. The maximum Gasteiger partial charge on any atom is 0.335 e. The Morgan fingerprint density at radius 1 is 1.00 bits per heavy atom. The maximum absolute atomic E-state index is 13.7. The van der Waals surface area contributed by atoms with E-state index in [4.69, 9.17) is 4.42 Å². The lowest BCUT2D eigenvalue weighted by molar-refractivity contribution is 0.0697. The quantitative estimate of drug-likeness (QED) is 0.396. The Hall–Kier alpha value is -3.74. The largest absolute Gasteiger partial charge is 0.478 e. The average Bonchev–Trinajstić information content (AvgIpc) is 3.24. The summed E-state index contributed by atoms with van der Waals surface area (Å²) in [5, 5.41) is 10.0. The van der Waals surface area contributed by atoms with E-state index in [1.807, 2.05) is 0 Å². The van der Waals surface area contributed by atoms with Crippen molar-refractivity contribution in [3.05, 3.63) is 66.2 Å². The molecule has 0 spiro atoms. The summed E-state index contributed by atoms with van der Waals surface area (Å²) in [6, 6.07) is 13.2. The van der Waals surface area contributed by atoms with Crippen molar-refractivity contribution < 1.29 is 18.7 Å². The Morgan fingerprint density at radius 3 is 2.33 bits per heavy atom. The number of benzene rings is 2. The maximum atomic E-state index is 13.7. The first-order valence-corrected chi connectivity index (χ1v) is 11.1. The highest BCUT2D eigenvalue weighted by Gasteiger charge is 2.27. The summed E-state index contributed by atoms with van der Waals surface area (Å²) >= 11 is 0. The number of aromatic carboxylic acids is 1. The van der Waals surface area contributed by atoms with Crippen molar-refractivity contribution in [2.45, 2.75) is 38.1 Å². The molecular weight excluding hydrogens is 421 g/mol. The first-order chi connectivity index (χ1) is 16.0. The third kappa shape index (κ3) is 3.95. The highest BCUT2D eigenvalue weighted by molar-refractivity contribution is 6.06. The molecule has 4 aromatic rings. The molecule has 0 amide bonds. The van der Waals surface area contributed by atoms with Crippen LogP contribution in [0.1, 0.15) is 42.5 Å². The highest BCUT2D eigenvalue weighted by atomic mass is 19.1. The van der Waals surface area contributed by atoms with Crippen LogP contribution >= 0.6 is 0 Å². The number of rotatable bonds is 5. The van der Waals surface area contributed by atoms with Gasteiger partial charge in [-0.15, -0.1) is 0 Å². The topological polar surface area (TPSA) is 79.5 Å². The van der Waals surface area contributed by atoms with Crippen molar-refractivity contribution >= 4 is 22.9 Å². The van der Waals surface area contributed by atoms with Crippen LogP contribution in [-0.4, -0.2) is 34.1 Å². The van der Waals surface area contributed by atoms with E-state index in [0.29, 0.717) is 23.1 Å². The van der Waals surface area contributed by atoms with Crippen LogP contribution in [0.3, 0.4) is 0 Å². The molecule has 1 aliphatic carbocycles. The molecule has 1 fully saturated rings. The lowest BCUT2D eigenvalue weighted by atomic mass is 9.94. The van der Waals surface area contributed by atoms with Crippen LogP contribution in [0, 0.1) is 5.82 Å². The molecule has 1 saturated carbocycles. The second-order valence-corrected chi connectivity index (χ2v) is 8.48. The van der Waals surface area contributed by atoms with Crippen molar-refractivity contribution in [2.75, 3.05) is 11.9 Å². The SMILES string of the molecule is CN(c1ncnc2oc(-c3ccc(C(=O)O)cc3)c(-c3ccc(F)cc3)c12)C1CCCCC1. The summed E-state index contributed by atoms with van der Waals surface area (Å²) in [6.07, 6.45) is 7.37. The van der Waals surface area contributed by atoms with Crippen LogP contribution in [-0.2, 0) is 0 Å². The van der Waals surface area contributed by atoms with Crippen molar-refractivity contribution in [1.82, 2.24) is 9.97 Å². The number of furan rings is 1. The molecule has 7 heteroatoms. The van der Waals surface area contributed by atoms with E-state index in [-0.39, 0.29) is 11.4 Å². The van der Waals surface area contributed by atoms with Gasteiger partial charge in [0, 0.05) is 24.2 Å². The standard InChI is InChI=1S/C26H24FN3O3/c1-30(20-5-3-2-4-6-20)24-22-21(16-11-13-19(27)14-12-16)23(33-25(22)29-15-28-24)17-7-9-18(10-8-17)26(31)32/h7-15,20H,2-6H2,1H3,(H,31,32). The number of hydrogen-bond acceptors (Lipinski definition) is 5. The number of nitrogens with zero attached hydrogens (tertiary/aromatic N) is 3. The van der Waals surface area contributed by atoms with Gasteiger partial charge in [0.05, 0.1) is 10.9 Å². The molecule has 6 nitrogen and oxygen atoms in total. The van der Waals surface area contributed by atoms with Gasteiger partial charge in [-0.05, 0) is 42.7 Å². The molecular formula is C26H24FN3O3. The van der Waals surface area contributed by atoms with Crippen molar-refractivity contribution in [3.8, 4) is 22.5 Å². The summed E-state index contributed by atoms with van der Waals surface area (Å²) < 4.78 is 20.0. The van der Waals surface area contributed by atoms with Crippen LogP contribution in [0.15, 0.2) is 59.3 Å². The van der Waals surface area contributed by atoms with Crippen LogP contribution in [0.25, 0.3) is 33.6 Å². The second kappa shape index (κ2) is 8.65. The number of carboxylic acid groups (broad SMARTS) is 1. The van der Waals surface area contributed by atoms with Gasteiger partial charge >= 0.3 is 5.97 Å². The van der Waals surface area contributed by atoms with E-state index in [0.717, 1.165) is 35.2 Å². The number of carbonyl (C=O) groups is 1. The summed E-state index contributed by atoms with van der Waals surface area (Å²) in [4.78, 5) is 22.5. The van der Waals surface area contributed by atoms with Gasteiger partial charge in [-0.3, -0.25) is 0 Å². The number of anilines is 1. The zero-order valence-corrected chi connectivity index (χ0v) is 18.3. The fourth-order valence-corrected chi connectivity index (χ4v) is 4.69. The molecule has 1 N–H and O–H groups in total. The van der Waals surface area contributed by atoms with Gasteiger partial charge in [0.2, 0.25) is 5.71 Å². The highest BCUT2D eigenvalue weighted by Crippen LogP contribution is 2.44. The minimum absolute atomic E-state index is 0.190. The zero-order valence-electron chi connectivity index (χ0n) is 18.3. The van der Waals surface area contributed by atoms with Gasteiger partial charge in [-0.2, -0.15) is 0 Å². The first kappa shape index (κ1) is 21.1. The molecule has 0 saturated heterocycles. The van der Waals surface area contributed by atoms with Gasteiger partial charge in [0.1, 0.15) is 23.7 Å². The van der Waals surface area contributed by atoms with Crippen LogP contribution in [0.4, 0.5) is 10.2 Å². The number of aromatic nitrogens is 2. The number of fused-ring (bicyclic) bond motifs is 1. The summed E-state index contributed by atoms with van der Waals surface area (Å²) in [7, 11) is 2.06. The van der Waals surface area contributed by atoms with Gasteiger partial charge in [-0.1, -0.05) is 43.5 Å². The Bertz CT molecular complexity index is 1290. The van der Waals surface area contributed by atoms with E-state index < -0.39 is 5.97 Å². The number of halogens is 1. The van der Waals surface area contributed by atoms with Crippen LogP contribution < -0.4 is 4.90 Å². The van der Waals surface area contributed by atoms with Crippen LogP contribution in [0.2, 0.25) is 0 Å². The molecule has 2 aromatic heterocycles. The predicted octanol–water partition coefficient (Wildman–Crippen LogP) is 6.16. The zero-order chi connectivity index (χ0) is 22.9. The van der Waals surface area contributed by atoms with Gasteiger partial charge in [-0.25, -0.2) is 19.2 Å². The normalized spacial score (nSPS) is 14.5. The van der Waals surface area contributed by atoms with E-state index in [2.05, 4.69) is 21.9 Å².